The summed E-state index contributed by atoms with van der Waals surface area (Å²) in [6, 6.07) is 17.0. The van der Waals surface area contributed by atoms with Gasteiger partial charge in [-0.05, 0) is 68.9 Å². The van der Waals surface area contributed by atoms with Crippen molar-refractivity contribution in [2.24, 2.45) is 0 Å². The van der Waals surface area contributed by atoms with Crippen LogP contribution >= 0.6 is 0 Å². The quantitative estimate of drug-likeness (QED) is 0.411. The van der Waals surface area contributed by atoms with Crippen molar-refractivity contribution in [1.29, 1.82) is 0 Å². The van der Waals surface area contributed by atoms with Crippen molar-refractivity contribution in [2.45, 2.75) is 39.5 Å². The molecule has 0 spiro atoms. The van der Waals surface area contributed by atoms with Crippen molar-refractivity contribution < 1.29 is 4.74 Å². The molecule has 4 aromatic rings. The molecule has 6 heteroatoms. The van der Waals surface area contributed by atoms with Gasteiger partial charge in [0.15, 0.2) is 5.65 Å². The number of hydrogen-bond donors (Lipinski definition) is 0. The van der Waals surface area contributed by atoms with Crippen LogP contribution in [0.15, 0.2) is 48.5 Å². The molecule has 0 N–H and O–H groups in total. The molecule has 3 heterocycles. The van der Waals surface area contributed by atoms with Crippen molar-refractivity contribution in [3.8, 4) is 17.0 Å². The number of anilines is 2. The summed E-state index contributed by atoms with van der Waals surface area (Å²) in [5, 5.41) is 5.09. The fourth-order valence-corrected chi connectivity index (χ4v) is 5.59. The first-order valence-electron chi connectivity index (χ1n) is 12.7. The Balaban J connectivity index is 1.38. The molecular weight excluding hydrogens is 434 g/mol. The second-order valence-electron chi connectivity index (χ2n) is 9.86. The number of methoxy groups -OCH3 is 1. The van der Waals surface area contributed by atoms with Gasteiger partial charge < -0.3 is 14.5 Å². The summed E-state index contributed by atoms with van der Waals surface area (Å²) in [6.45, 7) is 8.37. The summed E-state index contributed by atoms with van der Waals surface area (Å²) in [4.78, 5) is 10.2. The van der Waals surface area contributed by atoms with Crippen LogP contribution in [-0.4, -0.2) is 47.9 Å². The second-order valence-corrected chi connectivity index (χ2v) is 9.86. The third-order valence-corrected chi connectivity index (χ3v) is 7.50. The summed E-state index contributed by atoms with van der Waals surface area (Å²) < 4.78 is 7.55. The minimum atomic E-state index is 0.842. The molecule has 0 saturated carbocycles. The predicted octanol–water partition coefficient (Wildman–Crippen LogP) is 5.23. The molecule has 0 amide bonds. The van der Waals surface area contributed by atoms with E-state index in [0.29, 0.717) is 0 Å². The maximum absolute atomic E-state index is 5.45. The van der Waals surface area contributed by atoms with Gasteiger partial charge in [-0.1, -0.05) is 24.3 Å². The molecule has 1 fully saturated rings. The zero-order valence-corrected chi connectivity index (χ0v) is 20.9. The minimum absolute atomic E-state index is 0.842. The first-order valence-corrected chi connectivity index (χ1v) is 12.7. The molecule has 180 valence electrons. The number of rotatable bonds is 4. The van der Waals surface area contributed by atoms with Crippen LogP contribution < -0.4 is 14.5 Å². The highest BCUT2D eigenvalue weighted by molar-refractivity contribution is 5.69. The Bertz CT molecular complexity index is 1380. The molecule has 0 bridgehead atoms. The van der Waals surface area contributed by atoms with Crippen molar-refractivity contribution in [1.82, 2.24) is 14.6 Å². The maximum atomic E-state index is 5.45. The van der Waals surface area contributed by atoms with Crippen LogP contribution in [0.3, 0.4) is 0 Å². The van der Waals surface area contributed by atoms with Gasteiger partial charge in [0.1, 0.15) is 11.6 Å². The third kappa shape index (κ3) is 4.01. The maximum Gasteiger partial charge on any atom is 0.158 e. The molecule has 0 radical (unpaired) electrons. The third-order valence-electron chi connectivity index (χ3n) is 7.50. The molecule has 2 aromatic carbocycles. The lowest BCUT2D eigenvalue weighted by Crippen LogP contribution is -2.48. The largest absolute Gasteiger partial charge is 0.497 e. The molecule has 1 aliphatic carbocycles. The van der Waals surface area contributed by atoms with E-state index in [1.165, 1.54) is 46.7 Å². The summed E-state index contributed by atoms with van der Waals surface area (Å²) in [5.41, 5.74) is 9.62. The van der Waals surface area contributed by atoms with Gasteiger partial charge in [-0.25, -0.2) is 4.98 Å². The number of fused-ring (bicyclic) bond motifs is 2. The Kier molecular flexibility index (Phi) is 5.59. The van der Waals surface area contributed by atoms with Gasteiger partial charge in [-0.3, -0.25) is 0 Å². The van der Waals surface area contributed by atoms with Gasteiger partial charge in [-0.15, -0.1) is 0 Å². The summed E-state index contributed by atoms with van der Waals surface area (Å²) >= 11 is 0. The van der Waals surface area contributed by atoms with Crippen LogP contribution in [-0.2, 0) is 12.8 Å². The van der Waals surface area contributed by atoms with E-state index in [9.17, 15) is 0 Å². The van der Waals surface area contributed by atoms with E-state index in [0.717, 1.165) is 61.7 Å². The van der Waals surface area contributed by atoms with E-state index in [-0.39, 0.29) is 0 Å². The van der Waals surface area contributed by atoms with Gasteiger partial charge in [0.2, 0.25) is 0 Å². The van der Waals surface area contributed by atoms with E-state index in [2.05, 4.69) is 58.5 Å². The van der Waals surface area contributed by atoms with Crippen molar-refractivity contribution in [2.75, 3.05) is 43.1 Å². The van der Waals surface area contributed by atoms with Gasteiger partial charge in [-0.2, -0.15) is 9.61 Å². The topological polar surface area (TPSA) is 45.9 Å². The number of nitrogens with zero attached hydrogens (tertiary/aromatic N) is 5. The molecule has 1 saturated heterocycles. The molecule has 0 atom stereocenters. The van der Waals surface area contributed by atoms with Gasteiger partial charge in [0.25, 0.3) is 0 Å². The summed E-state index contributed by atoms with van der Waals surface area (Å²) in [7, 11) is 1.70. The SMILES string of the molecule is COc1cccc(-c2cc3nc4c(c(N5CCN(c6cc(C)ccc6C)CC5)n3n2)CCCC4)c1. The molecule has 2 aromatic heterocycles. The van der Waals surface area contributed by atoms with E-state index in [4.69, 9.17) is 14.8 Å². The van der Waals surface area contributed by atoms with Crippen LogP contribution in [0.2, 0.25) is 0 Å². The number of ether oxygens (including phenoxy) is 1. The Morgan fingerprint density at radius 3 is 2.49 bits per heavy atom. The molecule has 35 heavy (non-hydrogen) atoms. The number of aryl methyl sites for hydroxylation is 3. The lowest BCUT2D eigenvalue weighted by atomic mass is 9.96. The van der Waals surface area contributed by atoms with Crippen LogP contribution in [0.25, 0.3) is 16.9 Å². The van der Waals surface area contributed by atoms with Crippen molar-refractivity contribution in [3.63, 3.8) is 0 Å². The van der Waals surface area contributed by atoms with E-state index >= 15 is 0 Å². The standard InChI is InChI=1S/C29H33N5O/c1-20-11-12-21(2)27(17-20)32-13-15-33(16-14-32)29-24-9-4-5-10-25(24)30-28-19-26(31-34(28)29)22-7-6-8-23(18-22)35-3/h6-8,11-12,17-19H,4-5,9-10,13-16H2,1-3H3. The normalized spacial score (nSPS) is 16.0. The van der Waals surface area contributed by atoms with Crippen LogP contribution in [0, 0.1) is 13.8 Å². The van der Waals surface area contributed by atoms with Gasteiger partial charge >= 0.3 is 0 Å². The Labute approximate surface area is 207 Å². The Morgan fingerprint density at radius 2 is 1.66 bits per heavy atom. The molecule has 2 aliphatic rings. The van der Waals surface area contributed by atoms with E-state index in [1.54, 1.807) is 7.11 Å². The number of benzene rings is 2. The van der Waals surface area contributed by atoms with Crippen molar-refractivity contribution in [3.05, 3.63) is 70.9 Å². The average molecular weight is 468 g/mol. The molecule has 6 nitrogen and oxygen atoms in total. The van der Waals surface area contributed by atoms with Crippen LogP contribution in [0.1, 0.15) is 35.2 Å². The first-order chi connectivity index (χ1) is 17.1. The lowest BCUT2D eigenvalue weighted by molar-refractivity contribution is 0.415. The van der Waals surface area contributed by atoms with Crippen LogP contribution in [0.4, 0.5) is 11.5 Å². The number of hydrogen-bond acceptors (Lipinski definition) is 5. The van der Waals surface area contributed by atoms with Crippen molar-refractivity contribution >= 4 is 17.2 Å². The zero-order valence-electron chi connectivity index (χ0n) is 20.9. The van der Waals surface area contributed by atoms with Gasteiger partial charge in [0.05, 0.1) is 12.8 Å². The Morgan fingerprint density at radius 1 is 0.857 bits per heavy atom. The average Bonchev–Trinajstić information content (AvgIpc) is 3.32. The Hall–Kier alpha value is -3.54. The zero-order chi connectivity index (χ0) is 23.9. The number of piperazine rings is 1. The monoisotopic (exact) mass is 467 g/mol. The smallest absolute Gasteiger partial charge is 0.158 e. The first kappa shape index (κ1) is 22.0. The molecule has 0 unspecified atom stereocenters. The molecule has 6 rings (SSSR count). The highest BCUT2D eigenvalue weighted by atomic mass is 16.5. The highest BCUT2D eigenvalue weighted by Crippen LogP contribution is 2.34. The molecule has 1 aliphatic heterocycles. The summed E-state index contributed by atoms with van der Waals surface area (Å²) in [5.74, 6) is 2.09. The predicted molar refractivity (Wildman–Crippen MR) is 142 cm³/mol. The van der Waals surface area contributed by atoms with Gasteiger partial charge in [0, 0.05) is 54.8 Å². The van der Waals surface area contributed by atoms with Crippen LogP contribution in [0.5, 0.6) is 5.75 Å². The van der Waals surface area contributed by atoms with E-state index < -0.39 is 0 Å². The fraction of sp³-hybridized carbons (Fsp3) is 0.379. The fourth-order valence-electron chi connectivity index (χ4n) is 5.59. The highest BCUT2D eigenvalue weighted by Gasteiger charge is 2.27. The van der Waals surface area contributed by atoms with E-state index in [1.807, 2.05) is 18.2 Å². The lowest BCUT2D eigenvalue weighted by Gasteiger charge is -2.39. The molecular formula is C29H33N5O. The summed E-state index contributed by atoms with van der Waals surface area (Å²) in [6.07, 6.45) is 4.58. The minimum Gasteiger partial charge on any atom is -0.497 e. The number of aromatic nitrogens is 3. The second kappa shape index (κ2) is 8.91.